The van der Waals surface area contributed by atoms with Crippen LogP contribution in [-0.2, 0) is 0 Å². The summed E-state index contributed by atoms with van der Waals surface area (Å²) < 4.78 is 10.7. The third-order valence-electron chi connectivity index (χ3n) is 2.94. The maximum absolute atomic E-state index is 5.40. The molecule has 3 nitrogen and oxygen atoms in total. The number of rotatable bonds is 1. The maximum atomic E-state index is 5.40. The van der Waals surface area contributed by atoms with Gasteiger partial charge in [-0.25, -0.2) is 0 Å². The average Bonchev–Trinajstić information content (AvgIpc) is 2.61. The van der Waals surface area contributed by atoms with Gasteiger partial charge in [0.25, 0.3) is 0 Å². The molecule has 2 aliphatic heterocycles. The Bertz CT molecular complexity index is 375. The third kappa shape index (κ3) is 1.99. The lowest BCUT2D eigenvalue weighted by molar-refractivity contribution is 0.174. The number of hydrogen-bond donors (Lipinski definition) is 1. The van der Waals surface area contributed by atoms with Crippen LogP contribution >= 0.6 is 11.8 Å². The maximum Gasteiger partial charge on any atom is 0.231 e. The van der Waals surface area contributed by atoms with Gasteiger partial charge in [0.05, 0.1) is 0 Å². The molecule has 0 bridgehead atoms. The number of thioether (sulfide) groups is 1. The Morgan fingerprint density at radius 1 is 1.25 bits per heavy atom. The van der Waals surface area contributed by atoms with Crippen molar-refractivity contribution in [3.05, 3.63) is 23.8 Å². The van der Waals surface area contributed by atoms with Gasteiger partial charge < -0.3 is 14.8 Å². The molecule has 1 saturated heterocycles. The standard InChI is InChI=1S/C12H15NO2S/c1-4-13-10(7-16-5-1)9-2-3-11-12(6-9)15-8-14-11/h2-3,6,10,13H,1,4-5,7-8H2. The highest BCUT2D eigenvalue weighted by Crippen LogP contribution is 2.35. The molecule has 2 aliphatic rings. The molecule has 16 heavy (non-hydrogen) atoms. The molecule has 3 rings (SSSR count). The van der Waals surface area contributed by atoms with Crippen LogP contribution in [0.15, 0.2) is 18.2 Å². The van der Waals surface area contributed by atoms with E-state index in [0.717, 1.165) is 23.8 Å². The molecular weight excluding hydrogens is 222 g/mol. The highest BCUT2D eigenvalue weighted by atomic mass is 32.2. The van der Waals surface area contributed by atoms with E-state index in [0.29, 0.717) is 12.8 Å². The summed E-state index contributed by atoms with van der Waals surface area (Å²) in [5.74, 6) is 4.15. The normalized spacial score (nSPS) is 24.1. The van der Waals surface area contributed by atoms with Crippen LogP contribution in [0.4, 0.5) is 0 Å². The molecule has 1 N–H and O–H groups in total. The molecular formula is C12H15NO2S. The summed E-state index contributed by atoms with van der Waals surface area (Å²) in [7, 11) is 0. The molecule has 2 heterocycles. The summed E-state index contributed by atoms with van der Waals surface area (Å²) >= 11 is 2.02. The SMILES string of the molecule is c1cc2c(cc1C1CSCCCN1)OCO2. The number of nitrogens with one attached hydrogen (secondary N) is 1. The van der Waals surface area contributed by atoms with Gasteiger partial charge in [0, 0.05) is 11.8 Å². The van der Waals surface area contributed by atoms with Crippen LogP contribution < -0.4 is 14.8 Å². The second-order valence-corrected chi connectivity index (χ2v) is 5.20. The Balaban J connectivity index is 1.82. The van der Waals surface area contributed by atoms with E-state index in [-0.39, 0.29) is 0 Å². The van der Waals surface area contributed by atoms with Crippen LogP contribution in [0.5, 0.6) is 11.5 Å². The van der Waals surface area contributed by atoms with E-state index in [4.69, 9.17) is 9.47 Å². The molecule has 0 amide bonds. The highest BCUT2D eigenvalue weighted by Gasteiger charge is 2.18. The first-order valence-electron chi connectivity index (χ1n) is 5.64. The third-order valence-corrected chi connectivity index (χ3v) is 4.09. The van der Waals surface area contributed by atoms with E-state index < -0.39 is 0 Å². The molecule has 1 aromatic rings. The van der Waals surface area contributed by atoms with Crippen molar-refractivity contribution in [2.24, 2.45) is 0 Å². The van der Waals surface area contributed by atoms with Gasteiger partial charge in [-0.2, -0.15) is 11.8 Å². The summed E-state index contributed by atoms with van der Waals surface area (Å²) in [6, 6.07) is 6.69. The van der Waals surface area contributed by atoms with Gasteiger partial charge in [-0.3, -0.25) is 0 Å². The first kappa shape index (κ1) is 10.3. The van der Waals surface area contributed by atoms with Crippen molar-refractivity contribution in [1.29, 1.82) is 0 Å². The second-order valence-electron chi connectivity index (χ2n) is 4.05. The fraction of sp³-hybridized carbons (Fsp3) is 0.500. The van der Waals surface area contributed by atoms with Crippen molar-refractivity contribution >= 4 is 11.8 Å². The molecule has 1 fully saturated rings. The Kier molecular flexibility index (Phi) is 2.93. The molecule has 0 aliphatic carbocycles. The Hall–Kier alpha value is -0.870. The molecule has 0 radical (unpaired) electrons. The molecule has 0 spiro atoms. The molecule has 0 saturated carbocycles. The van der Waals surface area contributed by atoms with Gasteiger partial charge in [0.15, 0.2) is 11.5 Å². The molecule has 1 unspecified atom stereocenters. The number of fused-ring (bicyclic) bond motifs is 1. The summed E-state index contributed by atoms with van der Waals surface area (Å²) in [6.45, 7) is 1.46. The van der Waals surface area contributed by atoms with Crippen LogP contribution in [0.2, 0.25) is 0 Å². The van der Waals surface area contributed by atoms with Crippen LogP contribution in [-0.4, -0.2) is 24.8 Å². The summed E-state index contributed by atoms with van der Waals surface area (Å²) in [5, 5.41) is 3.57. The minimum Gasteiger partial charge on any atom is -0.454 e. The first-order valence-corrected chi connectivity index (χ1v) is 6.79. The van der Waals surface area contributed by atoms with E-state index in [1.54, 1.807) is 0 Å². The zero-order valence-corrected chi connectivity index (χ0v) is 9.89. The van der Waals surface area contributed by atoms with Crippen LogP contribution in [0.1, 0.15) is 18.0 Å². The average molecular weight is 237 g/mol. The van der Waals surface area contributed by atoms with Crippen molar-refractivity contribution < 1.29 is 9.47 Å². The zero-order valence-electron chi connectivity index (χ0n) is 9.07. The first-order chi connectivity index (χ1) is 7.93. The predicted molar refractivity (Wildman–Crippen MR) is 65.3 cm³/mol. The quantitative estimate of drug-likeness (QED) is 0.811. The van der Waals surface area contributed by atoms with Crippen molar-refractivity contribution in [2.75, 3.05) is 24.8 Å². The lowest BCUT2D eigenvalue weighted by Crippen LogP contribution is -2.22. The van der Waals surface area contributed by atoms with Crippen LogP contribution in [0.3, 0.4) is 0 Å². The summed E-state index contributed by atoms with van der Waals surface area (Å²) in [6.07, 6.45) is 1.26. The van der Waals surface area contributed by atoms with Gasteiger partial charge in [-0.05, 0) is 36.4 Å². The van der Waals surface area contributed by atoms with E-state index >= 15 is 0 Å². The topological polar surface area (TPSA) is 30.5 Å². The lowest BCUT2D eigenvalue weighted by atomic mass is 10.1. The minimum absolute atomic E-state index is 0.353. The predicted octanol–water partition coefficient (Wildman–Crippen LogP) is 2.18. The fourth-order valence-corrected chi connectivity index (χ4v) is 3.12. The number of ether oxygens (including phenoxy) is 2. The van der Waals surface area contributed by atoms with Crippen LogP contribution in [0, 0.1) is 0 Å². The summed E-state index contributed by atoms with van der Waals surface area (Å²) in [5.41, 5.74) is 1.30. The van der Waals surface area contributed by atoms with Gasteiger partial charge in [-0.15, -0.1) is 0 Å². The van der Waals surface area contributed by atoms with Gasteiger partial charge >= 0.3 is 0 Å². The Labute approximate surface area is 99.5 Å². The van der Waals surface area contributed by atoms with E-state index in [9.17, 15) is 0 Å². The Morgan fingerprint density at radius 2 is 2.19 bits per heavy atom. The molecule has 1 aromatic carbocycles. The number of hydrogen-bond acceptors (Lipinski definition) is 4. The Morgan fingerprint density at radius 3 is 3.19 bits per heavy atom. The highest BCUT2D eigenvalue weighted by molar-refractivity contribution is 7.99. The van der Waals surface area contributed by atoms with Crippen LogP contribution in [0.25, 0.3) is 0 Å². The van der Waals surface area contributed by atoms with E-state index in [1.165, 1.54) is 17.7 Å². The minimum atomic E-state index is 0.353. The van der Waals surface area contributed by atoms with E-state index in [1.807, 2.05) is 17.8 Å². The van der Waals surface area contributed by atoms with Crippen molar-refractivity contribution in [2.45, 2.75) is 12.5 Å². The molecule has 4 heteroatoms. The monoisotopic (exact) mass is 237 g/mol. The molecule has 86 valence electrons. The van der Waals surface area contributed by atoms with Gasteiger partial charge in [0.2, 0.25) is 6.79 Å². The van der Waals surface area contributed by atoms with Crippen molar-refractivity contribution in [1.82, 2.24) is 5.32 Å². The molecule has 1 atom stereocenters. The zero-order chi connectivity index (χ0) is 10.8. The fourth-order valence-electron chi connectivity index (χ4n) is 2.05. The lowest BCUT2D eigenvalue weighted by Gasteiger charge is -2.15. The van der Waals surface area contributed by atoms with Gasteiger partial charge in [0.1, 0.15) is 0 Å². The van der Waals surface area contributed by atoms with Gasteiger partial charge in [-0.1, -0.05) is 6.07 Å². The summed E-state index contributed by atoms with van der Waals surface area (Å²) in [4.78, 5) is 0. The molecule has 0 aromatic heterocycles. The number of benzene rings is 1. The smallest absolute Gasteiger partial charge is 0.231 e. The van der Waals surface area contributed by atoms with E-state index in [2.05, 4.69) is 17.4 Å². The van der Waals surface area contributed by atoms with Crippen molar-refractivity contribution in [3.63, 3.8) is 0 Å². The largest absolute Gasteiger partial charge is 0.454 e. The van der Waals surface area contributed by atoms with Crippen molar-refractivity contribution in [3.8, 4) is 11.5 Å². The second kappa shape index (κ2) is 4.55.